The molecule has 1 unspecified atom stereocenters. The van der Waals surface area contributed by atoms with Crippen LogP contribution in [-0.4, -0.2) is 43.9 Å². The number of benzene rings is 1. The van der Waals surface area contributed by atoms with Crippen LogP contribution in [0, 0.1) is 5.92 Å². The number of carbonyl (C=O) groups is 2. The van der Waals surface area contributed by atoms with Crippen molar-refractivity contribution in [3.05, 3.63) is 28.2 Å². The Bertz CT molecular complexity index is 778. The third kappa shape index (κ3) is 6.03. The molecule has 0 spiro atoms. The first-order chi connectivity index (χ1) is 12.1. The highest BCUT2D eigenvalue weighted by molar-refractivity contribution is 7.91. The third-order valence-electron chi connectivity index (χ3n) is 3.93. The van der Waals surface area contributed by atoms with Crippen LogP contribution in [0.3, 0.4) is 0 Å². The molecule has 1 fully saturated rings. The fourth-order valence-corrected chi connectivity index (χ4v) is 4.86. The van der Waals surface area contributed by atoms with Crippen molar-refractivity contribution in [1.82, 2.24) is 10.6 Å². The minimum atomic E-state index is -3.10. The molecular weight excluding hydrogens is 401 g/mol. The zero-order valence-corrected chi connectivity index (χ0v) is 16.7. The molecule has 1 aliphatic rings. The lowest BCUT2D eigenvalue weighted by Crippen LogP contribution is -2.52. The fourth-order valence-electron chi connectivity index (χ4n) is 2.66. The van der Waals surface area contributed by atoms with Crippen LogP contribution < -0.4 is 16.0 Å². The monoisotopic (exact) mass is 421 g/mol. The van der Waals surface area contributed by atoms with Gasteiger partial charge in [0.1, 0.15) is 6.04 Å². The van der Waals surface area contributed by atoms with Crippen LogP contribution in [0.5, 0.6) is 0 Å². The number of hydrogen-bond donors (Lipinski definition) is 3. The predicted molar refractivity (Wildman–Crippen MR) is 102 cm³/mol. The first-order valence-electron chi connectivity index (χ1n) is 8.10. The SMILES string of the molecule is CC(C)[C@H](NC(=O)NC1CCS(=O)(=O)C1)C(=O)Nc1cc(Cl)cc(Cl)c1. The Hall–Kier alpha value is -1.51. The molecule has 2 rings (SSSR count). The zero-order chi connectivity index (χ0) is 19.5. The van der Waals surface area contributed by atoms with Gasteiger partial charge >= 0.3 is 6.03 Å². The lowest BCUT2D eigenvalue weighted by molar-refractivity contribution is -0.118. The lowest BCUT2D eigenvalue weighted by Gasteiger charge is -2.23. The fraction of sp³-hybridized carbons (Fsp3) is 0.500. The molecule has 3 N–H and O–H groups in total. The van der Waals surface area contributed by atoms with E-state index in [1.807, 2.05) is 0 Å². The predicted octanol–water partition coefficient (Wildman–Crippen LogP) is 2.44. The molecule has 1 aromatic rings. The van der Waals surface area contributed by atoms with Crippen molar-refractivity contribution in [1.29, 1.82) is 0 Å². The van der Waals surface area contributed by atoms with Crippen molar-refractivity contribution in [2.24, 2.45) is 5.92 Å². The van der Waals surface area contributed by atoms with E-state index in [4.69, 9.17) is 23.2 Å². The Morgan fingerprint density at radius 3 is 2.27 bits per heavy atom. The quantitative estimate of drug-likeness (QED) is 0.678. The zero-order valence-electron chi connectivity index (χ0n) is 14.4. The van der Waals surface area contributed by atoms with Gasteiger partial charge in [-0.15, -0.1) is 0 Å². The van der Waals surface area contributed by atoms with Crippen molar-refractivity contribution in [3.8, 4) is 0 Å². The molecule has 0 saturated carbocycles. The maximum absolute atomic E-state index is 12.5. The second-order valence-electron chi connectivity index (χ2n) is 6.59. The smallest absolute Gasteiger partial charge is 0.315 e. The van der Waals surface area contributed by atoms with Gasteiger partial charge in [-0.1, -0.05) is 37.0 Å². The summed E-state index contributed by atoms with van der Waals surface area (Å²) in [7, 11) is -3.10. The van der Waals surface area contributed by atoms with Gasteiger partial charge in [-0.2, -0.15) is 0 Å². The number of hydrogen-bond acceptors (Lipinski definition) is 4. The van der Waals surface area contributed by atoms with Gasteiger partial charge < -0.3 is 16.0 Å². The molecular formula is C16H21Cl2N3O4S. The number of nitrogens with one attached hydrogen (secondary N) is 3. The van der Waals surface area contributed by atoms with Crippen molar-refractivity contribution in [2.45, 2.75) is 32.4 Å². The van der Waals surface area contributed by atoms with Gasteiger partial charge in [0.05, 0.1) is 11.5 Å². The molecule has 0 radical (unpaired) electrons. The van der Waals surface area contributed by atoms with Gasteiger partial charge in [0, 0.05) is 21.8 Å². The normalized spacial score (nSPS) is 19.8. The van der Waals surface area contributed by atoms with Crippen molar-refractivity contribution in [3.63, 3.8) is 0 Å². The maximum atomic E-state index is 12.5. The summed E-state index contributed by atoms with van der Waals surface area (Å²) in [5.74, 6) is -0.642. The van der Waals surface area contributed by atoms with Crippen LogP contribution in [-0.2, 0) is 14.6 Å². The van der Waals surface area contributed by atoms with E-state index in [1.54, 1.807) is 32.0 Å². The molecule has 0 aliphatic carbocycles. The number of rotatable bonds is 5. The van der Waals surface area contributed by atoms with Gasteiger partial charge in [-0.3, -0.25) is 4.79 Å². The van der Waals surface area contributed by atoms with E-state index in [-0.39, 0.29) is 17.4 Å². The summed E-state index contributed by atoms with van der Waals surface area (Å²) < 4.78 is 22.9. The Morgan fingerprint density at radius 2 is 1.77 bits per heavy atom. The minimum Gasteiger partial charge on any atom is -0.334 e. The molecule has 144 valence electrons. The summed E-state index contributed by atoms with van der Waals surface area (Å²) in [6.45, 7) is 3.57. The van der Waals surface area contributed by atoms with Gasteiger partial charge in [-0.25, -0.2) is 13.2 Å². The highest BCUT2D eigenvalue weighted by Gasteiger charge is 2.30. The van der Waals surface area contributed by atoms with Gasteiger partial charge in [0.25, 0.3) is 0 Å². The number of amides is 3. The van der Waals surface area contributed by atoms with Crippen LogP contribution in [0.25, 0.3) is 0 Å². The number of halogens is 2. The van der Waals surface area contributed by atoms with E-state index >= 15 is 0 Å². The van der Waals surface area contributed by atoms with Crippen molar-refractivity contribution in [2.75, 3.05) is 16.8 Å². The van der Waals surface area contributed by atoms with Crippen molar-refractivity contribution < 1.29 is 18.0 Å². The molecule has 3 amide bonds. The minimum absolute atomic E-state index is 0.0571. The van der Waals surface area contributed by atoms with Crippen molar-refractivity contribution >= 4 is 50.7 Å². The van der Waals surface area contributed by atoms with E-state index in [2.05, 4.69) is 16.0 Å². The van der Waals surface area contributed by atoms with Gasteiger partial charge in [0.15, 0.2) is 9.84 Å². The summed E-state index contributed by atoms with van der Waals surface area (Å²) in [4.78, 5) is 24.7. The standard InChI is InChI=1S/C16H21Cl2N3O4S/c1-9(2)14(15(22)19-13-6-10(17)5-11(18)7-13)21-16(23)20-12-3-4-26(24,25)8-12/h5-7,9,12,14H,3-4,8H2,1-2H3,(H,19,22)(H2,20,21,23)/t12?,14-/m0/s1. The van der Waals surface area contributed by atoms with Crippen LogP contribution in [0.2, 0.25) is 10.0 Å². The second kappa shape index (κ2) is 8.45. The van der Waals surface area contributed by atoms with Crippen LogP contribution in [0.4, 0.5) is 10.5 Å². The Morgan fingerprint density at radius 1 is 1.15 bits per heavy atom. The summed E-state index contributed by atoms with van der Waals surface area (Å²) in [6, 6.07) is 2.80. The Kier molecular flexibility index (Phi) is 6.76. The molecule has 1 aliphatic heterocycles. The Balaban J connectivity index is 1.98. The van der Waals surface area contributed by atoms with Crippen LogP contribution in [0.15, 0.2) is 18.2 Å². The molecule has 0 bridgehead atoms. The van der Waals surface area contributed by atoms with E-state index in [1.165, 1.54) is 0 Å². The average Bonchev–Trinajstić information content (AvgIpc) is 2.82. The molecule has 0 aromatic heterocycles. The van der Waals surface area contributed by atoms with Crippen LogP contribution in [0.1, 0.15) is 20.3 Å². The summed E-state index contributed by atoms with van der Waals surface area (Å²) in [5, 5.41) is 8.63. The third-order valence-corrected chi connectivity index (χ3v) is 6.14. The lowest BCUT2D eigenvalue weighted by atomic mass is 10.0. The highest BCUT2D eigenvalue weighted by atomic mass is 35.5. The topological polar surface area (TPSA) is 104 Å². The molecule has 1 heterocycles. The number of carbonyl (C=O) groups excluding carboxylic acids is 2. The second-order valence-corrected chi connectivity index (χ2v) is 9.69. The molecule has 1 aromatic carbocycles. The average molecular weight is 422 g/mol. The van der Waals surface area contributed by atoms with E-state index < -0.39 is 33.9 Å². The molecule has 7 nitrogen and oxygen atoms in total. The van der Waals surface area contributed by atoms with E-state index in [0.29, 0.717) is 22.2 Å². The Labute approximate surface area is 162 Å². The molecule has 2 atom stereocenters. The van der Waals surface area contributed by atoms with Gasteiger partial charge in [0.2, 0.25) is 5.91 Å². The first kappa shape index (κ1) is 20.8. The maximum Gasteiger partial charge on any atom is 0.315 e. The number of sulfone groups is 1. The largest absolute Gasteiger partial charge is 0.334 e. The van der Waals surface area contributed by atoms with Gasteiger partial charge in [-0.05, 0) is 30.5 Å². The summed E-state index contributed by atoms with van der Waals surface area (Å²) in [5.41, 5.74) is 0.419. The molecule has 1 saturated heterocycles. The number of anilines is 1. The summed E-state index contributed by atoms with van der Waals surface area (Å²) in [6.07, 6.45) is 0.370. The summed E-state index contributed by atoms with van der Waals surface area (Å²) >= 11 is 11.8. The van der Waals surface area contributed by atoms with Crippen LogP contribution >= 0.6 is 23.2 Å². The highest BCUT2D eigenvalue weighted by Crippen LogP contribution is 2.23. The van der Waals surface area contributed by atoms with E-state index in [9.17, 15) is 18.0 Å². The molecule has 26 heavy (non-hydrogen) atoms. The van der Waals surface area contributed by atoms with E-state index in [0.717, 1.165) is 0 Å². The molecule has 10 heteroatoms. The number of urea groups is 1. The first-order valence-corrected chi connectivity index (χ1v) is 10.7.